The van der Waals surface area contributed by atoms with Crippen molar-refractivity contribution in [2.45, 2.75) is 32.1 Å². The number of ether oxygens (including phenoxy) is 3. The van der Waals surface area contributed by atoms with Crippen LogP contribution in [0.25, 0.3) is 0 Å². The zero-order chi connectivity index (χ0) is 22.8. The van der Waals surface area contributed by atoms with E-state index in [-0.39, 0.29) is 37.6 Å². The summed E-state index contributed by atoms with van der Waals surface area (Å²) < 4.78 is 16.6. The summed E-state index contributed by atoms with van der Waals surface area (Å²) in [5, 5.41) is 0. The molecule has 0 N–H and O–H groups in total. The number of hydrogen-bond acceptors (Lipinski definition) is 6. The molecule has 33 heavy (non-hydrogen) atoms. The lowest BCUT2D eigenvalue weighted by molar-refractivity contribution is -0.145. The second-order valence-corrected chi connectivity index (χ2v) is 8.30. The molecule has 2 heterocycles. The number of carbonyl (C=O) groups is 1. The van der Waals surface area contributed by atoms with Crippen LogP contribution in [0.15, 0.2) is 78.9 Å². The van der Waals surface area contributed by atoms with Crippen molar-refractivity contribution < 1.29 is 19.0 Å². The second-order valence-electron chi connectivity index (χ2n) is 8.30. The first-order valence-electron chi connectivity index (χ1n) is 11.4. The fourth-order valence-electron chi connectivity index (χ4n) is 5.02. The average molecular weight is 445 g/mol. The van der Waals surface area contributed by atoms with Crippen LogP contribution in [0, 0.1) is 0 Å². The van der Waals surface area contributed by atoms with Gasteiger partial charge in [0.05, 0.1) is 19.2 Å². The molecule has 0 saturated carbocycles. The number of nitrogens with zero attached hydrogens (tertiary/aromatic N) is 2. The SMILES string of the molecule is CCOC(=O)CN1[C@H](c2ccccc2)[C@H](C)N(c2ccc3c(c2)OCO3)[C@@H]1c1ccccc1. The van der Waals surface area contributed by atoms with Gasteiger partial charge in [-0.25, -0.2) is 0 Å². The molecule has 6 nitrogen and oxygen atoms in total. The van der Waals surface area contributed by atoms with E-state index in [1.165, 1.54) is 5.56 Å². The van der Waals surface area contributed by atoms with Gasteiger partial charge in [-0.15, -0.1) is 0 Å². The molecule has 0 unspecified atom stereocenters. The molecule has 1 fully saturated rings. The molecule has 0 radical (unpaired) electrons. The van der Waals surface area contributed by atoms with E-state index in [1.54, 1.807) is 0 Å². The predicted octanol–water partition coefficient (Wildman–Crippen LogP) is 4.93. The first-order valence-corrected chi connectivity index (χ1v) is 11.4. The third-order valence-electron chi connectivity index (χ3n) is 6.34. The highest BCUT2D eigenvalue weighted by Gasteiger charge is 2.47. The number of esters is 1. The molecule has 0 bridgehead atoms. The number of rotatable bonds is 6. The van der Waals surface area contributed by atoms with Gasteiger partial charge in [-0.2, -0.15) is 0 Å². The highest BCUT2D eigenvalue weighted by molar-refractivity contribution is 5.72. The van der Waals surface area contributed by atoms with E-state index in [4.69, 9.17) is 14.2 Å². The fourth-order valence-corrected chi connectivity index (χ4v) is 5.02. The van der Waals surface area contributed by atoms with Crippen molar-refractivity contribution in [3.63, 3.8) is 0 Å². The van der Waals surface area contributed by atoms with Crippen molar-refractivity contribution in [1.82, 2.24) is 4.90 Å². The molecule has 1 saturated heterocycles. The largest absolute Gasteiger partial charge is 0.465 e. The Labute approximate surface area is 194 Å². The summed E-state index contributed by atoms with van der Waals surface area (Å²) in [5.41, 5.74) is 3.30. The normalized spacial score (nSPS) is 21.9. The van der Waals surface area contributed by atoms with Gasteiger partial charge >= 0.3 is 5.97 Å². The minimum Gasteiger partial charge on any atom is -0.465 e. The quantitative estimate of drug-likeness (QED) is 0.503. The Kier molecular flexibility index (Phi) is 5.92. The van der Waals surface area contributed by atoms with Crippen LogP contribution >= 0.6 is 0 Å². The van der Waals surface area contributed by atoms with Gasteiger partial charge in [0.25, 0.3) is 0 Å². The van der Waals surface area contributed by atoms with Gasteiger partial charge in [0, 0.05) is 17.8 Å². The standard InChI is InChI=1S/C27H28N2O4/c1-3-31-25(30)17-28-26(20-10-6-4-7-11-20)19(2)29(27(28)21-12-8-5-9-13-21)22-14-15-23-24(16-22)33-18-32-23/h4-16,19,26-27H,3,17-18H2,1-2H3/t19-,26-,27+/m0/s1. The highest BCUT2D eigenvalue weighted by atomic mass is 16.7. The summed E-state index contributed by atoms with van der Waals surface area (Å²) in [6.45, 7) is 4.84. The van der Waals surface area contributed by atoms with Crippen molar-refractivity contribution in [1.29, 1.82) is 0 Å². The van der Waals surface area contributed by atoms with Crippen molar-refractivity contribution in [2.75, 3.05) is 24.8 Å². The Balaban J connectivity index is 1.64. The van der Waals surface area contributed by atoms with Crippen LogP contribution in [0.4, 0.5) is 5.69 Å². The molecule has 0 spiro atoms. The molecule has 2 aliphatic heterocycles. The molecular formula is C27H28N2O4. The Morgan fingerprint density at radius 1 is 0.939 bits per heavy atom. The van der Waals surface area contributed by atoms with E-state index >= 15 is 0 Å². The average Bonchev–Trinajstić information content (AvgIpc) is 3.42. The Morgan fingerprint density at radius 2 is 1.61 bits per heavy atom. The lowest BCUT2D eigenvalue weighted by Crippen LogP contribution is -2.36. The van der Waals surface area contributed by atoms with E-state index in [0.717, 1.165) is 22.7 Å². The highest BCUT2D eigenvalue weighted by Crippen LogP contribution is 2.49. The number of benzene rings is 3. The molecule has 0 aliphatic carbocycles. The van der Waals surface area contributed by atoms with Crippen LogP contribution < -0.4 is 14.4 Å². The summed E-state index contributed by atoms with van der Waals surface area (Å²) in [5.74, 6) is 1.27. The zero-order valence-corrected chi connectivity index (χ0v) is 18.9. The molecular weight excluding hydrogens is 416 g/mol. The number of anilines is 1. The van der Waals surface area contributed by atoms with Gasteiger partial charge in [0.15, 0.2) is 11.5 Å². The van der Waals surface area contributed by atoms with Crippen molar-refractivity contribution in [2.24, 2.45) is 0 Å². The maximum Gasteiger partial charge on any atom is 0.320 e. The van der Waals surface area contributed by atoms with Gasteiger partial charge in [0.1, 0.15) is 6.17 Å². The summed E-state index contributed by atoms with van der Waals surface area (Å²) in [4.78, 5) is 17.4. The van der Waals surface area contributed by atoms with Gasteiger partial charge in [-0.3, -0.25) is 9.69 Å². The first-order chi connectivity index (χ1) is 16.2. The van der Waals surface area contributed by atoms with E-state index in [9.17, 15) is 4.79 Å². The Morgan fingerprint density at radius 3 is 2.30 bits per heavy atom. The van der Waals surface area contributed by atoms with Crippen molar-refractivity contribution in [3.8, 4) is 11.5 Å². The summed E-state index contributed by atoms with van der Waals surface area (Å²) in [6.07, 6.45) is -0.156. The van der Waals surface area contributed by atoms with Crippen LogP contribution in [0.2, 0.25) is 0 Å². The van der Waals surface area contributed by atoms with Gasteiger partial charge in [-0.05, 0) is 37.1 Å². The Bertz CT molecular complexity index is 1110. The lowest BCUT2D eigenvalue weighted by Gasteiger charge is -2.33. The third kappa shape index (κ3) is 4.02. The second kappa shape index (κ2) is 9.16. The van der Waals surface area contributed by atoms with Crippen LogP contribution in [0.3, 0.4) is 0 Å². The van der Waals surface area contributed by atoms with Gasteiger partial charge in [0.2, 0.25) is 6.79 Å². The number of hydrogen-bond donors (Lipinski definition) is 0. The number of carbonyl (C=O) groups excluding carboxylic acids is 1. The van der Waals surface area contributed by atoms with E-state index in [0.29, 0.717) is 6.61 Å². The van der Waals surface area contributed by atoms with Crippen LogP contribution in [-0.4, -0.2) is 36.9 Å². The maximum atomic E-state index is 12.7. The predicted molar refractivity (Wildman–Crippen MR) is 126 cm³/mol. The monoisotopic (exact) mass is 444 g/mol. The van der Waals surface area contributed by atoms with E-state index in [2.05, 4.69) is 47.1 Å². The molecule has 3 aromatic carbocycles. The summed E-state index contributed by atoms with van der Waals surface area (Å²) >= 11 is 0. The maximum absolute atomic E-state index is 12.7. The fraction of sp³-hybridized carbons (Fsp3) is 0.296. The molecule has 3 aromatic rings. The van der Waals surface area contributed by atoms with E-state index < -0.39 is 0 Å². The molecule has 2 aliphatic rings. The molecule has 5 rings (SSSR count). The topological polar surface area (TPSA) is 51.2 Å². The Hall–Kier alpha value is -3.51. The van der Waals surface area contributed by atoms with Crippen molar-refractivity contribution >= 4 is 11.7 Å². The number of fused-ring (bicyclic) bond motifs is 1. The molecule has 0 amide bonds. The lowest BCUT2D eigenvalue weighted by atomic mass is 10.00. The minimum atomic E-state index is -0.223. The van der Waals surface area contributed by atoms with Gasteiger partial charge in [-0.1, -0.05) is 60.7 Å². The first kappa shape index (κ1) is 21.3. The third-order valence-corrected chi connectivity index (χ3v) is 6.34. The summed E-state index contributed by atoms with van der Waals surface area (Å²) in [6, 6.07) is 26.8. The molecule has 3 atom stereocenters. The molecule has 0 aromatic heterocycles. The molecule has 6 heteroatoms. The minimum absolute atomic E-state index is 0.00812. The molecule has 170 valence electrons. The smallest absolute Gasteiger partial charge is 0.320 e. The van der Waals surface area contributed by atoms with Crippen LogP contribution in [0.1, 0.15) is 37.2 Å². The van der Waals surface area contributed by atoms with Gasteiger partial charge < -0.3 is 19.1 Å². The van der Waals surface area contributed by atoms with E-state index in [1.807, 2.05) is 55.5 Å². The van der Waals surface area contributed by atoms with Crippen molar-refractivity contribution in [3.05, 3.63) is 90.0 Å². The van der Waals surface area contributed by atoms with Crippen LogP contribution in [-0.2, 0) is 9.53 Å². The van der Waals surface area contributed by atoms with Crippen LogP contribution in [0.5, 0.6) is 11.5 Å². The zero-order valence-electron chi connectivity index (χ0n) is 18.9. The summed E-state index contributed by atoms with van der Waals surface area (Å²) in [7, 11) is 0.